The first kappa shape index (κ1) is 14.9. The molecule has 5 heteroatoms. The molecule has 0 aliphatic carbocycles. The van der Waals surface area contributed by atoms with Crippen molar-refractivity contribution in [1.82, 2.24) is 15.0 Å². The topological polar surface area (TPSA) is 41.9 Å². The van der Waals surface area contributed by atoms with Gasteiger partial charge < -0.3 is 4.90 Å². The Kier molecular flexibility index (Phi) is 3.81. The van der Waals surface area contributed by atoms with Crippen molar-refractivity contribution in [3.8, 4) is 0 Å². The average molecular weight is 300 g/mol. The normalized spacial score (nSPS) is 19.5. The summed E-state index contributed by atoms with van der Waals surface area (Å²) in [4.78, 5) is 14.7. The minimum Gasteiger partial charge on any atom is -0.349 e. The van der Waals surface area contributed by atoms with Crippen molar-refractivity contribution in [3.63, 3.8) is 0 Å². The fourth-order valence-corrected chi connectivity index (χ4v) is 3.38. The lowest BCUT2D eigenvalue weighted by Gasteiger charge is -2.41. The summed E-state index contributed by atoms with van der Waals surface area (Å²) in [5.74, 6) is 0.687. The molecule has 2 aliphatic rings. The van der Waals surface area contributed by atoms with Crippen LogP contribution in [0, 0.1) is 13.0 Å². The monoisotopic (exact) mass is 300 g/mol. The van der Waals surface area contributed by atoms with Crippen molar-refractivity contribution in [1.29, 1.82) is 0 Å². The Balaban J connectivity index is 0.000000693. The summed E-state index contributed by atoms with van der Waals surface area (Å²) in [6, 6.07) is 2.01. The van der Waals surface area contributed by atoms with Gasteiger partial charge in [-0.15, -0.1) is 0 Å². The van der Waals surface area contributed by atoms with Gasteiger partial charge in [-0.25, -0.2) is 4.98 Å². The zero-order valence-corrected chi connectivity index (χ0v) is 13.4. The average Bonchev–Trinajstić information content (AvgIpc) is 2.53. The van der Waals surface area contributed by atoms with Gasteiger partial charge in [-0.2, -0.15) is 9.37 Å². The summed E-state index contributed by atoms with van der Waals surface area (Å²) in [6.07, 6.45) is 2.63. The quantitative estimate of drug-likeness (QED) is 0.692. The molecule has 1 atom stereocenters. The molecule has 2 aliphatic heterocycles. The smallest absolute Gasteiger partial charge is 0.311 e. The molecule has 0 aromatic carbocycles. The molecular weight excluding hydrogens is 279 g/mol. The second kappa shape index (κ2) is 5.63. The molecule has 4 heterocycles. The lowest BCUT2D eigenvalue weighted by molar-refractivity contribution is 0.502. The lowest BCUT2D eigenvalue weighted by atomic mass is 9.89. The molecule has 0 radical (unpaired) electrons. The molecule has 116 valence electrons. The first-order valence-electron chi connectivity index (χ1n) is 7.96. The Bertz CT molecular complexity index is 736. The number of piperidine rings is 1. The zero-order chi connectivity index (χ0) is 15.9. The van der Waals surface area contributed by atoms with Crippen LogP contribution in [0.2, 0.25) is 0 Å². The van der Waals surface area contributed by atoms with E-state index in [1.54, 1.807) is 0 Å². The summed E-state index contributed by atoms with van der Waals surface area (Å²) in [5, 5.41) is 0.847. The van der Waals surface area contributed by atoms with Crippen LogP contribution in [0.1, 0.15) is 44.5 Å². The van der Waals surface area contributed by atoms with Crippen molar-refractivity contribution < 1.29 is 4.39 Å². The molecule has 0 spiro atoms. The maximum Gasteiger partial charge on any atom is 0.311 e. The number of hydrogen-bond acceptors (Lipinski definition) is 4. The largest absolute Gasteiger partial charge is 0.349 e. The van der Waals surface area contributed by atoms with Crippen molar-refractivity contribution >= 4 is 22.3 Å². The molecule has 2 aromatic rings. The third kappa shape index (κ3) is 2.16. The summed E-state index contributed by atoms with van der Waals surface area (Å²) in [5.41, 5.74) is 3.32. The Hall–Kier alpha value is -2.04. The van der Waals surface area contributed by atoms with Gasteiger partial charge in [-0.1, -0.05) is 20.4 Å². The fourth-order valence-electron chi connectivity index (χ4n) is 3.38. The number of anilines is 1. The van der Waals surface area contributed by atoms with E-state index in [4.69, 9.17) is 0 Å². The SMILES string of the molecule is C=C1c2nc(C)cc3nc(F)nc(c23)N2CCCCC12.CC. The number of halogens is 1. The Labute approximate surface area is 130 Å². The number of rotatable bonds is 0. The first-order chi connectivity index (χ1) is 10.6. The number of nitrogens with zero attached hydrogens (tertiary/aromatic N) is 4. The Morgan fingerprint density at radius 1 is 1.23 bits per heavy atom. The second-order valence-corrected chi connectivity index (χ2v) is 5.55. The van der Waals surface area contributed by atoms with Gasteiger partial charge >= 0.3 is 6.08 Å². The van der Waals surface area contributed by atoms with Gasteiger partial charge in [-0.05, 0) is 37.8 Å². The highest BCUT2D eigenvalue weighted by atomic mass is 19.1. The Morgan fingerprint density at radius 3 is 2.77 bits per heavy atom. The van der Waals surface area contributed by atoms with Gasteiger partial charge in [0.05, 0.1) is 22.6 Å². The third-order valence-electron chi connectivity index (χ3n) is 4.24. The standard InChI is InChI=1S/C15H15FN4.C2H6/c1-8-7-10-12-13(17-8)9(2)11-5-3-4-6-20(11)14(12)19-15(16)18-10;1-2/h7,11H,2-6H2,1H3;1-2H3. The van der Waals surface area contributed by atoms with Gasteiger partial charge in [0, 0.05) is 12.2 Å². The number of hydrogen-bond donors (Lipinski definition) is 0. The van der Waals surface area contributed by atoms with E-state index in [1.165, 1.54) is 0 Å². The molecule has 1 saturated heterocycles. The molecule has 4 rings (SSSR count). The van der Waals surface area contributed by atoms with Crippen LogP contribution >= 0.6 is 0 Å². The van der Waals surface area contributed by atoms with Gasteiger partial charge in [0.25, 0.3) is 0 Å². The molecule has 0 bridgehead atoms. The molecular formula is C17H21FN4. The molecule has 0 N–H and O–H groups in total. The van der Waals surface area contributed by atoms with Crippen LogP contribution in [0.4, 0.5) is 10.2 Å². The van der Waals surface area contributed by atoms with E-state index in [0.29, 0.717) is 11.3 Å². The predicted octanol–water partition coefficient (Wildman–Crippen LogP) is 3.88. The molecule has 4 nitrogen and oxygen atoms in total. The minimum absolute atomic E-state index is 0.197. The van der Waals surface area contributed by atoms with E-state index in [1.807, 2.05) is 26.8 Å². The summed E-state index contributed by atoms with van der Waals surface area (Å²) in [6.45, 7) is 11.0. The molecule has 0 saturated carbocycles. The van der Waals surface area contributed by atoms with E-state index in [-0.39, 0.29) is 6.04 Å². The van der Waals surface area contributed by atoms with Crippen molar-refractivity contribution in [2.24, 2.45) is 0 Å². The van der Waals surface area contributed by atoms with Crippen molar-refractivity contribution in [2.45, 2.75) is 46.1 Å². The highest BCUT2D eigenvalue weighted by molar-refractivity contribution is 6.02. The van der Waals surface area contributed by atoms with Crippen LogP contribution in [-0.2, 0) is 0 Å². The number of fused-ring (bicyclic) bond motifs is 2. The molecule has 2 aromatic heterocycles. The minimum atomic E-state index is -0.666. The van der Waals surface area contributed by atoms with Crippen LogP contribution in [-0.4, -0.2) is 27.5 Å². The maximum atomic E-state index is 13.7. The molecule has 0 amide bonds. The predicted molar refractivity (Wildman–Crippen MR) is 87.4 cm³/mol. The van der Waals surface area contributed by atoms with Gasteiger partial charge in [0.1, 0.15) is 5.82 Å². The Morgan fingerprint density at radius 2 is 2.00 bits per heavy atom. The third-order valence-corrected chi connectivity index (χ3v) is 4.24. The molecule has 22 heavy (non-hydrogen) atoms. The van der Waals surface area contributed by atoms with E-state index >= 15 is 0 Å². The van der Waals surface area contributed by atoms with Crippen LogP contribution in [0.25, 0.3) is 16.5 Å². The van der Waals surface area contributed by atoms with Crippen LogP contribution < -0.4 is 4.90 Å². The summed E-state index contributed by atoms with van der Waals surface area (Å²) < 4.78 is 13.7. The number of aryl methyl sites for hydroxylation is 1. The van der Waals surface area contributed by atoms with Crippen LogP contribution in [0.5, 0.6) is 0 Å². The summed E-state index contributed by atoms with van der Waals surface area (Å²) in [7, 11) is 0. The highest BCUT2D eigenvalue weighted by Gasteiger charge is 2.35. The highest BCUT2D eigenvalue weighted by Crippen LogP contribution is 2.42. The van der Waals surface area contributed by atoms with Crippen LogP contribution in [0.15, 0.2) is 12.6 Å². The van der Waals surface area contributed by atoms with E-state index < -0.39 is 6.08 Å². The van der Waals surface area contributed by atoms with E-state index in [2.05, 4.69) is 26.4 Å². The fraction of sp³-hybridized carbons (Fsp3) is 0.471. The summed E-state index contributed by atoms with van der Waals surface area (Å²) >= 11 is 0. The van der Waals surface area contributed by atoms with Crippen LogP contribution in [0.3, 0.4) is 0 Å². The van der Waals surface area contributed by atoms with Gasteiger partial charge in [0.2, 0.25) is 0 Å². The van der Waals surface area contributed by atoms with Gasteiger partial charge in [0.15, 0.2) is 0 Å². The number of aromatic nitrogens is 3. The molecule has 1 unspecified atom stereocenters. The maximum absolute atomic E-state index is 13.7. The second-order valence-electron chi connectivity index (χ2n) is 5.55. The van der Waals surface area contributed by atoms with E-state index in [0.717, 1.165) is 48.2 Å². The molecule has 1 fully saturated rings. The first-order valence-corrected chi connectivity index (χ1v) is 7.96. The van der Waals surface area contributed by atoms with Gasteiger partial charge in [-0.3, -0.25) is 4.98 Å². The number of pyridine rings is 1. The van der Waals surface area contributed by atoms with E-state index in [9.17, 15) is 4.39 Å². The lowest BCUT2D eigenvalue weighted by Crippen LogP contribution is -2.43. The van der Waals surface area contributed by atoms with Crippen molar-refractivity contribution in [2.75, 3.05) is 11.4 Å². The zero-order valence-electron chi connectivity index (χ0n) is 13.4. The van der Waals surface area contributed by atoms with Crippen molar-refractivity contribution in [3.05, 3.63) is 30.1 Å².